The Labute approximate surface area is 123 Å². The summed E-state index contributed by atoms with van der Waals surface area (Å²) in [6.45, 7) is 4.15. The van der Waals surface area contributed by atoms with Crippen LogP contribution in [0.4, 0.5) is 5.69 Å². The molecule has 0 radical (unpaired) electrons. The van der Waals surface area contributed by atoms with Crippen LogP contribution in [-0.2, 0) is 0 Å². The molecule has 0 saturated heterocycles. The van der Waals surface area contributed by atoms with Gasteiger partial charge >= 0.3 is 0 Å². The van der Waals surface area contributed by atoms with Crippen LogP contribution in [0.15, 0.2) is 42.5 Å². The van der Waals surface area contributed by atoms with E-state index in [9.17, 15) is 10.1 Å². The molecular weight excluding hydrogens is 270 g/mol. The van der Waals surface area contributed by atoms with Gasteiger partial charge in [-0.3, -0.25) is 10.1 Å². The van der Waals surface area contributed by atoms with Gasteiger partial charge in [-0.15, -0.1) is 0 Å². The Morgan fingerprint density at radius 3 is 2.19 bits per heavy atom. The fourth-order valence-corrected chi connectivity index (χ4v) is 2.00. The fraction of sp³-hybridized carbons (Fsp3) is 0.250. The van der Waals surface area contributed by atoms with Crippen LogP contribution < -0.4 is 9.47 Å². The molecule has 0 unspecified atom stereocenters. The van der Waals surface area contributed by atoms with Crippen LogP contribution in [0.5, 0.6) is 17.2 Å². The third-order valence-electron chi connectivity index (χ3n) is 3.11. The third-order valence-corrected chi connectivity index (χ3v) is 3.11. The molecule has 5 nitrogen and oxygen atoms in total. The summed E-state index contributed by atoms with van der Waals surface area (Å²) in [5.41, 5.74) is 1.09. The van der Waals surface area contributed by atoms with Gasteiger partial charge in [-0.1, -0.05) is 13.8 Å². The first kappa shape index (κ1) is 14.8. The average Bonchev–Trinajstić information content (AvgIpc) is 2.47. The summed E-state index contributed by atoms with van der Waals surface area (Å²) >= 11 is 0. The summed E-state index contributed by atoms with van der Waals surface area (Å²) in [4.78, 5) is 10.2. The maximum absolute atomic E-state index is 10.6. The molecule has 0 atom stereocenters. The second-order valence-electron chi connectivity index (χ2n) is 4.91. The van der Waals surface area contributed by atoms with Crippen LogP contribution in [0.1, 0.15) is 25.3 Å². The summed E-state index contributed by atoms with van der Waals surface area (Å²) in [5, 5.41) is 10.6. The van der Waals surface area contributed by atoms with E-state index < -0.39 is 4.92 Å². The highest BCUT2D eigenvalue weighted by Crippen LogP contribution is 2.32. The van der Waals surface area contributed by atoms with Crippen molar-refractivity contribution in [1.82, 2.24) is 0 Å². The van der Waals surface area contributed by atoms with E-state index >= 15 is 0 Å². The van der Waals surface area contributed by atoms with Crippen molar-refractivity contribution in [2.24, 2.45) is 0 Å². The SMILES string of the molecule is COc1ccc(Oc2ccc([N+](=O)[O-])cc2)cc1C(C)C. The maximum atomic E-state index is 10.6. The predicted molar refractivity (Wildman–Crippen MR) is 80.3 cm³/mol. The summed E-state index contributed by atoms with van der Waals surface area (Å²) < 4.78 is 11.0. The molecule has 5 heteroatoms. The summed E-state index contributed by atoms with van der Waals surface area (Å²) in [5.74, 6) is 2.36. The average molecular weight is 287 g/mol. The molecule has 0 spiro atoms. The Bertz CT molecular complexity index is 635. The predicted octanol–water partition coefficient (Wildman–Crippen LogP) is 4.52. The zero-order valence-electron chi connectivity index (χ0n) is 12.2. The van der Waals surface area contributed by atoms with Crippen LogP contribution in [0.2, 0.25) is 0 Å². The number of methoxy groups -OCH3 is 1. The Kier molecular flexibility index (Phi) is 4.42. The molecule has 0 saturated carbocycles. The minimum Gasteiger partial charge on any atom is -0.496 e. The highest BCUT2D eigenvalue weighted by Gasteiger charge is 2.10. The molecule has 0 N–H and O–H groups in total. The smallest absolute Gasteiger partial charge is 0.269 e. The number of hydrogen-bond donors (Lipinski definition) is 0. The molecule has 2 aromatic carbocycles. The fourth-order valence-electron chi connectivity index (χ4n) is 2.00. The first-order valence-corrected chi connectivity index (χ1v) is 6.61. The standard InChI is InChI=1S/C16H17NO4/c1-11(2)15-10-14(8-9-16(15)20-3)21-13-6-4-12(5-7-13)17(18)19/h4-11H,1-3H3. The van der Waals surface area contributed by atoms with Gasteiger partial charge in [0.15, 0.2) is 0 Å². The molecule has 0 aliphatic carbocycles. The van der Waals surface area contributed by atoms with Gasteiger partial charge in [0, 0.05) is 17.7 Å². The van der Waals surface area contributed by atoms with E-state index in [-0.39, 0.29) is 5.69 Å². The number of hydrogen-bond acceptors (Lipinski definition) is 4. The summed E-state index contributed by atoms with van der Waals surface area (Å²) in [7, 11) is 1.64. The number of non-ortho nitro benzene ring substituents is 1. The van der Waals surface area contributed by atoms with Crippen molar-refractivity contribution in [2.75, 3.05) is 7.11 Å². The number of rotatable bonds is 5. The van der Waals surface area contributed by atoms with Crippen LogP contribution in [-0.4, -0.2) is 12.0 Å². The number of nitro groups is 1. The molecule has 2 rings (SSSR count). The van der Waals surface area contributed by atoms with Gasteiger partial charge in [0.2, 0.25) is 0 Å². The third kappa shape index (κ3) is 3.51. The highest BCUT2D eigenvalue weighted by molar-refractivity contribution is 5.44. The molecule has 0 fully saturated rings. The summed E-state index contributed by atoms with van der Waals surface area (Å²) in [6.07, 6.45) is 0. The topological polar surface area (TPSA) is 61.6 Å². The van der Waals surface area contributed by atoms with Crippen LogP contribution >= 0.6 is 0 Å². The molecule has 21 heavy (non-hydrogen) atoms. The van der Waals surface area contributed by atoms with E-state index in [1.807, 2.05) is 18.2 Å². The lowest BCUT2D eigenvalue weighted by atomic mass is 10.0. The van der Waals surface area contributed by atoms with E-state index in [4.69, 9.17) is 9.47 Å². The second kappa shape index (κ2) is 6.26. The zero-order chi connectivity index (χ0) is 15.4. The van der Waals surface area contributed by atoms with Gasteiger partial charge in [0.25, 0.3) is 5.69 Å². The molecular formula is C16H17NO4. The Hall–Kier alpha value is -2.56. The first-order chi connectivity index (χ1) is 10.0. The van der Waals surface area contributed by atoms with Crippen molar-refractivity contribution in [3.8, 4) is 17.2 Å². The van der Waals surface area contributed by atoms with Crippen molar-refractivity contribution in [3.63, 3.8) is 0 Å². The molecule has 0 aromatic heterocycles. The molecule has 0 aliphatic rings. The van der Waals surface area contributed by atoms with Crippen LogP contribution in [0, 0.1) is 10.1 Å². The first-order valence-electron chi connectivity index (χ1n) is 6.61. The Morgan fingerprint density at radius 1 is 1.05 bits per heavy atom. The molecule has 0 amide bonds. The maximum Gasteiger partial charge on any atom is 0.269 e. The van der Waals surface area contributed by atoms with Gasteiger partial charge in [-0.2, -0.15) is 0 Å². The van der Waals surface area contributed by atoms with Crippen molar-refractivity contribution >= 4 is 5.69 Å². The van der Waals surface area contributed by atoms with E-state index in [1.54, 1.807) is 19.2 Å². The number of benzene rings is 2. The molecule has 0 aliphatic heterocycles. The number of nitrogens with zero attached hydrogens (tertiary/aromatic N) is 1. The molecule has 0 heterocycles. The lowest BCUT2D eigenvalue weighted by Crippen LogP contribution is -1.95. The minimum atomic E-state index is -0.436. The molecule has 2 aromatic rings. The Morgan fingerprint density at radius 2 is 1.67 bits per heavy atom. The molecule has 110 valence electrons. The lowest BCUT2D eigenvalue weighted by molar-refractivity contribution is -0.384. The van der Waals surface area contributed by atoms with E-state index in [1.165, 1.54) is 12.1 Å². The van der Waals surface area contributed by atoms with Gasteiger partial charge in [-0.05, 0) is 36.2 Å². The summed E-state index contributed by atoms with van der Waals surface area (Å²) in [6, 6.07) is 11.6. The largest absolute Gasteiger partial charge is 0.496 e. The zero-order valence-corrected chi connectivity index (χ0v) is 12.2. The number of ether oxygens (including phenoxy) is 2. The number of nitro benzene ring substituents is 1. The van der Waals surface area contributed by atoms with Crippen molar-refractivity contribution in [2.45, 2.75) is 19.8 Å². The molecule has 0 bridgehead atoms. The van der Waals surface area contributed by atoms with Gasteiger partial charge < -0.3 is 9.47 Å². The van der Waals surface area contributed by atoms with Crippen molar-refractivity contribution in [3.05, 3.63) is 58.1 Å². The van der Waals surface area contributed by atoms with E-state index in [0.29, 0.717) is 17.4 Å². The normalized spacial score (nSPS) is 10.5. The second-order valence-corrected chi connectivity index (χ2v) is 4.91. The monoisotopic (exact) mass is 287 g/mol. The van der Waals surface area contributed by atoms with Gasteiger partial charge in [-0.25, -0.2) is 0 Å². The highest BCUT2D eigenvalue weighted by atomic mass is 16.6. The Balaban J connectivity index is 2.23. The van der Waals surface area contributed by atoms with Crippen molar-refractivity contribution < 1.29 is 14.4 Å². The lowest BCUT2D eigenvalue weighted by Gasteiger charge is -2.14. The van der Waals surface area contributed by atoms with Crippen LogP contribution in [0.3, 0.4) is 0 Å². The van der Waals surface area contributed by atoms with E-state index in [2.05, 4.69) is 13.8 Å². The van der Waals surface area contributed by atoms with Gasteiger partial charge in [0.1, 0.15) is 17.2 Å². The quantitative estimate of drug-likeness (QED) is 0.599. The minimum absolute atomic E-state index is 0.0416. The van der Waals surface area contributed by atoms with E-state index in [0.717, 1.165) is 11.3 Å². The van der Waals surface area contributed by atoms with Crippen molar-refractivity contribution in [1.29, 1.82) is 0 Å². The van der Waals surface area contributed by atoms with Gasteiger partial charge in [0.05, 0.1) is 12.0 Å². The van der Waals surface area contributed by atoms with Crippen LogP contribution in [0.25, 0.3) is 0 Å².